The van der Waals surface area contributed by atoms with Gasteiger partial charge in [-0.05, 0) is 35.6 Å². The van der Waals surface area contributed by atoms with Gasteiger partial charge in [0, 0.05) is 68.4 Å². The molecular formula is C25H32N6O2. The van der Waals surface area contributed by atoms with Crippen LogP contribution in [0.25, 0.3) is 5.57 Å². The zero-order valence-electron chi connectivity index (χ0n) is 19.6. The molecule has 1 aromatic heterocycles. The van der Waals surface area contributed by atoms with Crippen LogP contribution in [0.2, 0.25) is 0 Å². The molecule has 5 rings (SSSR count). The molecule has 1 amide bonds. The molecule has 0 radical (unpaired) electrons. The van der Waals surface area contributed by atoms with E-state index in [1.54, 1.807) is 6.92 Å². The third kappa shape index (κ3) is 3.72. The Labute approximate surface area is 194 Å². The minimum atomic E-state index is 0.110. The highest BCUT2D eigenvalue weighted by Gasteiger charge is 2.35. The summed E-state index contributed by atoms with van der Waals surface area (Å²) in [5, 5.41) is 16.0. The fourth-order valence-corrected chi connectivity index (χ4v) is 5.14. The third-order valence-corrected chi connectivity index (χ3v) is 7.16. The number of benzene rings is 1. The van der Waals surface area contributed by atoms with Crippen molar-refractivity contribution in [2.45, 2.75) is 45.2 Å². The molecule has 0 saturated carbocycles. The number of carbonyl (C=O) groups excluding carboxylic acids is 1. The molecule has 1 aromatic carbocycles. The van der Waals surface area contributed by atoms with Gasteiger partial charge in [0.1, 0.15) is 0 Å². The van der Waals surface area contributed by atoms with Crippen molar-refractivity contribution in [3.63, 3.8) is 0 Å². The maximum atomic E-state index is 12.2. The first kappa shape index (κ1) is 21.7. The summed E-state index contributed by atoms with van der Waals surface area (Å²) in [6.45, 7) is 7.55. The van der Waals surface area contributed by atoms with Crippen molar-refractivity contribution in [1.82, 2.24) is 20.0 Å². The van der Waals surface area contributed by atoms with Crippen molar-refractivity contribution in [2.75, 3.05) is 38.3 Å². The molecule has 3 aliphatic heterocycles. The summed E-state index contributed by atoms with van der Waals surface area (Å²) < 4.78 is 7.63. The van der Waals surface area contributed by atoms with Gasteiger partial charge in [-0.3, -0.25) is 9.48 Å². The summed E-state index contributed by atoms with van der Waals surface area (Å²) >= 11 is 0. The SMILES string of the molecule is CN/C=C(\C=N)c1ccc2c(c1)C(C)CCN2c1nn(C2COC2)c2c1CN(C(C)=O)CC2. The topological polar surface area (TPSA) is 86.5 Å². The molecule has 4 heterocycles. The lowest BCUT2D eigenvalue weighted by Gasteiger charge is -2.35. The Bertz CT molecular complexity index is 1120. The van der Waals surface area contributed by atoms with Crippen molar-refractivity contribution in [3.8, 4) is 0 Å². The average Bonchev–Trinajstić information content (AvgIpc) is 3.14. The molecule has 0 spiro atoms. The van der Waals surface area contributed by atoms with E-state index in [1.807, 2.05) is 18.1 Å². The number of nitrogens with one attached hydrogen (secondary N) is 2. The van der Waals surface area contributed by atoms with Crippen molar-refractivity contribution < 1.29 is 9.53 Å². The first-order valence-electron chi connectivity index (χ1n) is 11.7. The first-order chi connectivity index (χ1) is 16.0. The Morgan fingerprint density at radius 1 is 1.30 bits per heavy atom. The number of amides is 1. The molecule has 2 N–H and O–H groups in total. The second-order valence-corrected chi connectivity index (χ2v) is 9.22. The van der Waals surface area contributed by atoms with Crippen LogP contribution in [-0.4, -0.2) is 60.2 Å². The zero-order valence-corrected chi connectivity index (χ0v) is 19.6. The van der Waals surface area contributed by atoms with Gasteiger partial charge in [0.15, 0.2) is 5.82 Å². The lowest BCUT2D eigenvalue weighted by molar-refractivity contribution is -0.129. The molecule has 2 aromatic rings. The van der Waals surface area contributed by atoms with Gasteiger partial charge >= 0.3 is 0 Å². The van der Waals surface area contributed by atoms with Gasteiger partial charge in [-0.1, -0.05) is 13.0 Å². The number of anilines is 2. The van der Waals surface area contributed by atoms with E-state index in [2.05, 4.69) is 40.0 Å². The van der Waals surface area contributed by atoms with Crippen LogP contribution in [0.15, 0.2) is 24.4 Å². The normalized spacial score (nSPS) is 20.7. The highest BCUT2D eigenvalue weighted by Crippen LogP contribution is 2.43. The van der Waals surface area contributed by atoms with E-state index in [9.17, 15) is 4.79 Å². The fourth-order valence-electron chi connectivity index (χ4n) is 5.14. The van der Waals surface area contributed by atoms with Gasteiger partial charge in [-0.2, -0.15) is 5.10 Å². The van der Waals surface area contributed by atoms with Crippen molar-refractivity contribution in [1.29, 1.82) is 5.41 Å². The summed E-state index contributed by atoms with van der Waals surface area (Å²) in [6.07, 6.45) is 5.09. The van der Waals surface area contributed by atoms with Crippen LogP contribution in [0.4, 0.5) is 11.5 Å². The van der Waals surface area contributed by atoms with E-state index in [1.165, 1.54) is 28.7 Å². The van der Waals surface area contributed by atoms with Gasteiger partial charge in [0.2, 0.25) is 5.91 Å². The predicted octanol–water partition coefficient (Wildman–Crippen LogP) is 3.21. The number of hydrogen-bond acceptors (Lipinski definition) is 6. The van der Waals surface area contributed by atoms with Gasteiger partial charge in [-0.25, -0.2) is 0 Å². The van der Waals surface area contributed by atoms with Crippen LogP contribution in [0.5, 0.6) is 0 Å². The van der Waals surface area contributed by atoms with E-state index in [0.29, 0.717) is 25.7 Å². The molecule has 0 bridgehead atoms. The largest absolute Gasteiger partial charge is 0.393 e. The average molecular weight is 449 g/mol. The number of allylic oxidation sites excluding steroid dienone is 1. The minimum Gasteiger partial charge on any atom is -0.393 e. The Morgan fingerprint density at radius 3 is 2.79 bits per heavy atom. The third-order valence-electron chi connectivity index (χ3n) is 7.16. The van der Waals surface area contributed by atoms with E-state index in [-0.39, 0.29) is 11.9 Å². The molecule has 1 atom stereocenters. The zero-order chi connectivity index (χ0) is 23.1. The Balaban J connectivity index is 1.59. The fraction of sp³-hybridized carbons (Fsp3) is 0.480. The molecular weight excluding hydrogens is 416 g/mol. The number of carbonyl (C=O) groups is 1. The van der Waals surface area contributed by atoms with Crippen molar-refractivity contribution >= 4 is 29.2 Å². The number of aromatic nitrogens is 2. The second kappa shape index (κ2) is 8.67. The Kier molecular flexibility index (Phi) is 5.70. The van der Waals surface area contributed by atoms with E-state index < -0.39 is 0 Å². The molecule has 33 heavy (non-hydrogen) atoms. The molecule has 8 nitrogen and oxygen atoms in total. The standard InChI is InChI=1S/C25H32N6O2/c1-16-6-9-30(23-5-4-18(10-21(16)23)19(11-26)12-27-3)25-22-13-29(17(2)32)8-7-24(22)31(28-25)20-14-33-15-20/h4-5,10-12,16,20,26-27H,6-9,13-15H2,1-3H3/b19-12+,26-11?. The van der Waals surface area contributed by atoms with E-state index >= 15 is 0 Å². The van der Waals surface area contributed by atoms with Crippen molar-refractivity contribution in [2.24, 2.45) is 0 Å². The molecule has 0 aliphatic carbocycles. The quantitative estimate of drug-likeness (QED) is 0.686. The van der Waals surface area contributed by atoms with Crippen molar-refractivity contribution in [3.05, 3.63) is 46.8 Å². The highest BCUT2D eigenvalue weighted by atomic mass is 16.5. The van der Waals surface area contributed by atoms with Gasteiger partial charge in [-0.15, -0.1) is 0 Å². The lowest BCUT2D eigenvalue weighted by atomic mass is 9.88. The maximum absolute atomic E-state index is 12.2. The van der Waals surface area contributed by atoms with E-state index in [0.717, 1.165) is 42.9 Å². The summed E-state index contributed by atoms with van der Waals surface area (Å²) in [5.74, 6) is 1.50. The Hall–Kier alpha value is -3.13. The minimum absolute atomic E-state index is 0.110. The first-order valence-corrected chi connectivity index (χ1v) is 11.7. The van der Waals surface area contributed by atoms with Crippen LogP contribution in [0.1, 0.15) is 54.6 Å². The van der Waals surface area contributed by atoms with Gasteiger partial charge in [0.05, 0.1) is 25.8 Å². The molecule has 1 saturated heterocycles. The summed E-state index contributed by atoms with van der Waals surface area (Å²) in [4.78, 5) is 16.4. The maximum Gasteiger partial charge on any atom is 0.219 e. The summed E-state index contributed by atoms with van der Waals surface area (Å²) in [6, 6.07) is 6.74. The van der Waals surface area contributed by atoms with Crippen LogP contribution in [0, 0.1) is 5.41 Å². The van der Waals surface area contributed by atoms with Gasteiger partial charge < -0.3 is 25.3 Å². The summed E-state index contributed by atoms with van der Waals surface area (Å²) in [5.41, 5.74) is 6.75. The molecule has 3 aliphatic rings. The molecule has 1 unspecified atom stereocenters. The van der Waals surface area contributed by atoms with Crippen LogP contribution >= 0.6 is 0 Å². The van der Waals surface area contributed by atoms with Crippen LogP contribution in [-0.2, 0) is 22.5 Å². The second-order valence-electron chi connectivity index (χ2n) is 9.22. The number of ether oxygens (including phenoxy) is 1. The van der Waals surface area contributed by atoms with Gasteiger partial charge in [0.25, 0.3) is 0 Å². The number of nitrogens with zero attached hydrogens (tertiary/aromatic N) is 4. The Morgan fingerprint density at radius 2 is 2.12 bits per heavy atom. The lowest BCUT2D eigenvalue weighted by Crippen LogP contribution is -2.37. The smallest absolute Gasteiger partial charge is 0.219 e. The molecule has 8 heteroatoms. The number of rotatable bonds is 5. The number of hydrogen-bond donors (Lipinski definition) is 2. The number of fused-ring (bicyclic) bond motifs is 2. The van der Waals surface area contributed by atoms with Crippen LogP contribution in [0.3, 0.4) is 0 Å². The summed E-state index contributed by atoms with van der Waals surface area (Å²) in [7, 11) is 1.85. The highest BCUT2D eigenvalue weighted by molar-refractivity contribution is 6.08. The molecule has 174 valence electrons. The van der Waals surface area contributed by atoms with E-state index in [4.69, 9.17) is 15.2 Å². The predicted molar refractivity (Wildman–Crippen MR) is 129 cm³/mol. The monoisotopic (exact) mass is 448 g/mol. The van der Waals surface area contributed by atoms with Crippen LogP contribution < -0.4 is 10.2 Å². The molecule has 1 fully saturated rings.